The number of nitrogens with zero attached hydrogens (tertiary/aromatic N) is 2. The van der Waals surface area contributed by atoms with E-state index in [0.29, 0.717) is 30.8 Å². The first-order chi connectivity index (χ1) is 10.3. The van der Waals surface area contributed by atoms with Crippen molar-refractivity contribution in [1.82, 2.24) is 10.1 Å². The molecular weight excluding hydrogens is 266 g/mol. The lowest BCUT2D eigenvalue weighted by Gasteiger charge is -2.27. The molecule has 0 saturated heterocycles. The highest BCUT2D eigenvalue weighted by atomic mass is 16.5. The minimum Gasteiger partial charge on any atom is -0.370 e. The van der Waals surface area contributed by atoms with Gasteiger partial charge in [0.15, 0.2) is 0 Å². The van der Waals surface area contributed by atoms with E-state index in [0.717, 1.165) is 12.8 Å². The molecule has 0 bridgehead atoms. The Labute approximate surface area is 127 Å². The summed E-state index contributed by atoms with van der Waals surface area (Å²) in [5.41, 5.74) is 5.82. The number of ether oxygens (including phenoxy) is 1. The fourth-order valence-electron chi connectivity index (χ4n) is 3.26. The van der Waals surface area contributed by atoms with Crippen LogP contribution in [0.2, 0.25) is 0 Å². The maximum absolute atomic E-state index is 5.94. The van der Waals surface area contributed by atoms with Crippen molar-refractivity contribution in [3.8, 4) is 0 Å². The van der Waals surface area contributed by atoms with Crippen LogP contribution in [0.5, 0.6) is 0 Å². The van der Waals surface area contributed by atoms with Crippen molar-refractivity contribution < 1.29 is 9.26 Å². The van der Waals surface area contributed by atoms with E-state index in [2.05, 4.69) is 17.1 Å². The summed E-state index contributed by atoms with van der Waals surface area (Å²) in [6.07, 6.45) is 8.32. The van der Waals surface area contributed by atoms with Gasteiger partial charge in [0.05, 0.1) is 5.92 Å². The summed E-state index contributed by atoms with van der Waals surface area (Å²) < 4.78 is 11.4. The fraction of sp³-hybridized carbons (Fsp3) is 0.875. The molecule has 0 amide bonds. The summed E-state index contributed by atoms with van der Waals surface area (Å²) in [4.78, 5) is 4.61. The average Bonchev–Trinajstić information content (AvgIpc) is 3.00. The van der Waals surface area contributed by atoms with Crippen LogP contribution in [0.3, 0.4) is 0 Å². The minimum atomic E-state index is -0.0205. The van der Waals surface area contributed by atoms with Crippen LogP contribution >= 0.6 is 0 Å². The molecule has 1 heterocycles. The molecule has 1 aliphatic carbocycles. The lowest BCUT2D eigenvalue weighted by molar-refractivity contribution is -0.00145. The predicted octanol–water partition coefficient (Wildman–Crippen LogP) is 3.57. The van der Waals surface area contributed by atoms with Gasteiger partial charge in [-0.1, -0.05) is 37.8 Å². The zero-order valence-corrected chi connectivity index (χ0v) is 13.4. The van der Waals surface area contributed by atoms with Crippen LogP contribution in [0.1, 0.15) is 82.5 Å². The monoisotopic (exact) mass is 295 g/mol. The van der Waals surface area contributed by atoms with Crippen molar-refractivity contribution in [1.29, 1.82) is 0 Å². The van der Waals surface area contributed by atoms with Crippen LogP contribution in [0, 0.1) is 5.92 Å². The normalized spacial score (nSPS) is 19.6. The first-order valence-electron chi connectivity index (χ1n) is 8.45. The maximum Gasteiger partial charge on any atom is 0.231 e. The zero-order valence-electron chi connectivity index (χ0n) is 13.4. The Bertz CT molecular complexity index is 402. The molecule has 1 aliphatic rings. The third kappa shape index (κ3) is 4.27. The summed E-state index contributed by atoms with van der Waals surface area (Å²) in [7, 11) is 0. The molecule has 1 aromatic rings. The Kier molecular flexibility index (Phi) is 6.64. The number of hydrogen-bond acceptors (Lipinski definition) is 5. The van der Waals surface area contributed by atoms with Crippen molar-refractivity contribution in [3.05, 3.63) is 11.7 Å². The summed E-state index contributed by atoms with van der Waals surface area (Å²) in [6.45, 7) is 5.40. The molecule has 21 heavy (non-hydrogen) atoms. The maximum atomic E-state index is 5.94. The van der Waals surface area contributed by atoms with Crippen LogP contribution in [-0.2, 0) is 4.74 Å². The molecule has 2 unspecified atom stereocenters. The molecule has 0 aromatic carbocycles. The van der Waals surface area contributed by atoms with Gasteiger partial charge in [-0.05, 0) is 32.1 Å². The highest BCUT2D eigenvalue weighted by Gasteiger charge is 2.30. The molecule has 2 atom stereocenters. The van der Waals surface area contributed by atoms with Crippen molar-refractivity contribution in [3.63, 3.8) is 0 Å². The van der Waals surface area contributed by atoms with E-state index in [9.17, 15) is 0 Å². The second-order valence-corrected chi connectivity index (χ2v) is 5.99. The molecular formula is C16H29N3O2. The lowest BCUT2D eigenvalue weighted by atomic mass is 9.85. The third-order valence-electron chi connectivity index (χ3n) is 4.41. The topological polar surface area (TPSA) is 74.2 Å². The van der Waals surface area contributed by atoms with Gasteiger partial charge < -0.3 is 15.0 Å². The fourth-order valence-corrected chi connectivity index (χ4v) is 3.26. The average molecular weight is 295 g/mol. The highest BCUT2D eigenvalue weighted by molar-refractivity contribution is 4.99. The summed E-state index contributed by atoms with van der Waals surface area (Å²) in [6, 6.07) is 0. The lowest BCUT2D eigenvalue weighted by Crippen LogP contribution is -2.20. The second-order valence-electron chi connectivity index (χ2n) is 5.99. The van der Waals surface area contributed by atoms with E-state index in [4.69, 9.17) is 15.0 Å². The van der Waals surface area contributed by atoms with Gasteiger partial charge in [0.1, 0.15) is 6.10 Å². The largest absolute Gasteiger partial charge is 0.370 e. The predicted molar refractivity (Wildman–Crippen MR) is 81.9 cm³/mol. The van der Waals surface area contributed by atoms with E-state index >= 15 is 0 Å². The summed E-state index contributed by atoms with van der Waals surface area (Å²) >= 11 is 0. The highest BCUT2D eigenvalue weighted by Crippen LogP contribution is 2.36. The number of nitrogens with two attached hydrogens (primary N) is 1. The molecule has 0 radical (unpaired) electrons. The molecule has 120 valence electrons. The summed E-state index contributed by atoms with van der Waals surface area (Å²) in [5, 5.41) is 4.19. The zero-order chi connectivity index (χ0) is 15.1. The van der Waals surface area contributed by atoms with Gasteiger partial charge in [0.25, 0.3) is 0 Å². The number of rotatable bonds is 8. The number of hydrogen-bond donors (Lipinski definition) is 1. The molecule has 0 aliphatic heterocycles. The van der Waals surface area contributed by atoms with Crippen LogP contribution in [0.15, 0.2) is 4.52 Å². The van der Waals surface area contributed by atoms with E-state index < -0.39 is 0 Å². The van der Waals surface area contributed by atoms with E-state index in [1.54, 1.807) is 0 Å². The van der Waals surface area contributed by atoms with Crippen LogP contribution in [0.4, 0.5) is 0 Å². The van der Waals surface area contributed by atoms with Crippen molar-refractivity contribution >= 4 is 0 Å². The van der Waals surface area contributed by atoms with Gasteiger partial charge in [0, 0.05) is 13.2 Å². The first-order valence-corrected chi connectivity index (χ1v) is 8.45. The quantitative estimate of drug-likeness (QED) is 0.793. The smallest absolute Gasteiger partial charge is 0.231 e. The molecule has 5 heteroatoms. The molecule has 2 N–H and O–H groups in total. The van der Waals surface area contributed by atoms with Crippen molar-refractivity contribution in [2.24, 2.45) is 11.7 Å². The van der Waals surface area contributed by atoms with E-state index in [-0.39, 0.29) is 12.0 Å². The van der Waals surface area contributed by atoms with E-state index in [1.807, 2.05) is 6.92 Å². The minimum absolute atomic E-state index is 0.0205. The second kappa shape index (κ2) is 8.49. The van der Waals surface area contributed by atoms with Crippen LogP contribution in [-0.4, -0.2) is 23.3 Å². The van der Waals surface area contributed by atoms with Crippen LogP contribution < -0.4 is 5.73 Å². The first kappa shape index (κ1) is 16.4. The van der Waals surface area contributed by atoms with Crippen molar-refractivity contribution in [2.75, 3.05) is 13.2 Å². The molecule has 1 fully saturated rings. The Balaban J connectivity index is 2.10. The summed E-state index contributed by atoms with van der Waals surface area (Å²) in [5.74, 6) is 2.08. The van der Waals surface area contributed by atoms with Crippen LogP contribution in [0.25, 0.3) is 0 Å². The van der Waals surface area contributed by atoms with Gasteiger partial charge in [-0.15, -0.1) is 0 Å². The molecule has 1 aromatic heterocycles. The van der Waals surface area contributed by atoms with Crippen molar-refractivity contribution in [2.45, 2.75) is 70.8 Å². The molecule has 1 saturated carbocycles. The Morgan fingerprint density at radius 3 is 2.67 bits per heavy atom. The third-order valence-corrected chi connectivity index (χ3v) is 4.41. The van der Waals surface area contributed by atoms with Gasteiger partial charge >= 0.3 is 0 Å². The van der Waals surface area contributed by atoms with Gasteiger partial charge in [-0.2, -0.15) is 4.98 Å². The molecule has 2 rings (SSSR count). The molecule has 5 nitrogen and oxygen atoms in total. The Hall–Kier alpha value is -0.940. The standard InChI is InChI=1S/C16H29N3O2/c1-3-8-13(11-17)16-18-15(19-21-16)14(20-4-2)12-9-6-5-7-10-12/h12-14H,3-11,17H2,1-2H3. The SMILES string of the molecule is CCCC(CN)c1nc(C(OCC)C2CCCCC2)no1. The van der Waals surface area contributed by atoms with E-state index in [1.165, 1.54) is 32.1 Å². The van der Waals surface area contributed by atoms with Gasteiger partial charge in [-0.3, -0.25) is 0 Å². The number of aromatic nitrogens is 2. The Morgan fingerprint density at radius 1 is 1.29 bits per heavy atom. The van der Waals surface area contributed by atoms with Gasteiger partial charge in [0.2, 0.25) is 11.7 Å². The molecule has 0 spiro atoms. The van der Waals surface area contributed by atoms with Gasteiger partial charge in [-0.25, -0.2) is 0 Å². The Morgan fingerprint density at radius 2 is 2.05 bits per heavy atom.